The summed E-state index contributed by atoms with van der Waals surface area (Å²) in [5.41, 5.74) is 17.3. The Hall–Kier alpha value is -5.44. The smallest absolute Gasteiger partial charge is 0.0640 e. The summed E-state index contributed by atoms with van der Waals surface area (Å²) in [6.45, 7) is 14.6. The molecule has 2 heteroatoms. The number of thiophene rings is 1. The highest BCUT2D eigenvalue weighted by molar-refractivity contribution is 7.26. The zero-order chi connectivity index (χ0) is 37.0. The molecule has 0 amide bonds. The number of anilines is 3. The third-order valence-corrected chi connectivity index (χ3v) is 13.7. The first-order valence-electron chi connectivity index (χ1n) is 19.3. The Labute approximate surface area is 323 Å². The minimum Gasteiger partial charge on any atom is -0.309 e. The Kier molecular flexibility index (Phi) is 7.23. The van der Waals surface area contributed by atoms with Gasteiger partial charge in [-0.3, -0.25) is 0 Å². The van der Waals surface area contributed by atoms with E-state index in [0.717, 1.165) is 5.69 Å². The van der Waals surface area contributed by atoms with Gasteiger partial charge in [0.1, 0.15) is 0 Å². The molecule has 1 heterocycles. The van der Waals surface area contributed by atoms with E-state index in [0.29, 0.717) is 0 Å². The largest absolute Gasteiger partial charge is 0.309 e. The van der Waals surface area contributed by atoms with E-state index in [1.54, 1.807) is 0 Å². The summed E-state index contributed by atoms with van der Waals surface area (Å²) in [6.07, 6.45) is 1.18. The van der Waals surface area contributed by atoms with Crippen LogP contribution in [-0.2, 0) is 16.2 Å². The van der Waals surface area contributed by atoms with Crippen molar-refractivity contribution in [3.05, 3.63) is 174 Å². The first-order chi connectivity index (χ1) is 26.0. The van der Waals surface area contributed by atoms with Gasteiger partial charge in [0.2, 0.25) is 0 Å². The second-order valence-electron chi connectivity index (χ2n) is 17.3. The lowest BCUT2D eigenvalue weighted by Gasteiger charge is -2.29. The number of benzene rings is 7. The molecular weight excluding hydrogens is 671 g/mol. The summed E-state index contributed by atoms with van der Waals surface area (Å²) >= 11 is 1.89. The van der Waals surface area contributed by atoms with Gasteiger partial charge in [-0.05, 0) is 115 Å². The van der Waals surface area contributed by atoms with Crippen LogP contribution in [0.2, 0.25) is 0 Å². The van der Waals surface area contributed by atoms with Crippen molar-refractivity contribution in [2.45, 2.75) is 64.2 Å². The highest BCUT2D eigenvalue weighted by Crippen LogP contribution is 2.57. The SMILES string of the molecule is CC1(C)CC(C)(C)c2cc3c(cc21)-c1ccc(N(c2cccc(-c4ccc(-c5ccccc5)cc4)c2)c2cccc4c2sc2ccccc24)cc1C3(C)C. The Balaban J connectivity index is 1.14. The number of fused-ring (bicyclic) bond motifs is 7. The third kappa shape index (κ3) is 5.03. The lowest BCUT2D eigenvalue weighted by Crippen LogP contribution is -2.19. The minimum absolute atomic E-state index is 0.129. The molecule has 8 aromatic rings. The van der Waals surface area contributed by atoms with E-state index in [1.165, 1.54) is 93.6 Å². The molecule has 0 saturated carbocycles. The van der Waals surface area contributed by atoms with Crippen molar-refractivity contribution in [1.29, 1.82) is 0 Å². The van der Waals surface area contributed by atoms with Crippen molar-refractivity contribution in [1.82, 2.24) is 0 Å². The second kappa shape index (κ2) is 11.8. The van der Waals surface area contributed by atoms with Crippen LogP contribution < -0.4 is 4.90 Å². The van der Waals surface area contributed by atoms with Crippen molar-refractivity contribution < 1.29 is 0 Å². The zero-order valence-corrected chi connectivity index (χ0v) is 32.8. The van der Waals surface area contributed by atoms with Crippen LogP contribution in [0, 0.1) is 0 Å². The van der Waals surface area contributed by atoms with Crippen molar-refractivity contribution in [3.8, 4) is 33.4 Å². The summed E-state index contributed by atoms with van der Waals surface area (Å²) in [4.78, 5) is 2.51. The number of hydrogen-bond acceptors (Lipinski definition) is 2. The van der Waals surface area contributed by atoms with E-state index in [4.69, 9.17) is 0 Å². The molecule has 2 aliphatic carbocycles. The van der Waals surface area contributed by atoms with Crippen molar-refractivity contribution in [2.24, 2.45) is 0 Å². The minimum atomic E-state index is -0.129. The van der Waals surface area contributed by atoms with Crippen molar-refractivity contribution in [2.75, 3.05) is 4.90 Å². The quantitative estimate of drug-likeness (QED) is 0.171. The number of nitrogens with zero attached hydrogens (tertiary/aromatic N) is 1. The van der Waals surface area contributed by atoms with E-state index < -0.39 is 0 Å². The fourth-order valence-corrected chi connectivity index (χ4v) is 11.2. The van der Waals surface area contributed by atoms with Crippen molar-refractivity contribution >= 4 is 48.6 Å². The maximum Gasteiger partial charge on any atom is 0.0640 e. The van der Waals surface area contributed by atoms with Crippen LogP contribution in [-0.4, -0.2) is 0 Å². The molecule has 1 nitrogen and oxygen atoms in total. The Morgan fingerprint density at radius 1 is 0.444 bits per heavy atom. The topological polar surface area (TPSA) is 3.24 Å². The molecule has 0 atom stereocenters. The molecule has 0 aliphatic heterocycles. The van der Waals surface area contributed by atoms with Crippen molar-refractivity contribution in [3.63, 3.8) is 0 Å². The summed E-state index contributed by atoms with van der Waals surface area (Å²) < 4.78 is 2.62. The first kappa shape index (κ1) is 33.2. The first-order valence-corrected chi connectivity index (χ1v) is 20.1. The Morgan fingerprint density at radius 2 is 1.04 bits per heavy atom. The molecule has 0 unspecified atom stereocenters. The molecule has 10 rings (SSSR count). The van der Waals surface area contributed by atoms with Gasteiger partial charge in [0.15, 0.2) is 0 Å². The average molecular weight is 716 g/mol. The second-order valence-corrected chi connectivity index (χ2v) is 18.4. The van der Waals surface area contributed by atoms with Gasteiger partial charge in [-0.1, -0.05) is 151 Å². The molecular formula is C52H45NS. The Morgan fingerprint density at radius 3 is 1.81 bits per heavy atom. The molecule has 0 fully saturated rings. The molecule has 54 heavy (non-hydrogen) atoms. The van der Waals surface area contributed by atoms with Crippen LogP contribution in [0.4, 0.5) is 17.1 Å². The maximum atomic E-state index is 2.57. The van der Waals surface area contributed by atoms with Crippen LogP contribution in [0.15, 0.2) is 152 Å². The lowest BCUT2D eigenvalue weighted by molar-refractivity contribution is 0.403. The van der Waals surface area contributed by atoms with Gasteiger partial charge in [0.25, 0.3) is 0 Å². The lowest BCUT2D eigenvalue weighted by atomic mass is 9.79. The monoisotopic (exact) mass is 715 g/mol. The molecule has 0 saturated heterocycles. The van der Waals surface area contributed by atoms with E-state index in [2.05, 4.69) is 198 Å². The standard InChI is InChI=1S/C52H45NS/c1-50(2)32-51(3,4)46-31-44-42(30-45(46)50)39-27-26-38(29-43(39)52(44,5)6)53(47-20-13-19-41-40-18-10-11-21-48(40)54-49(41)47)37-17-12-16-36(28-37)35-24-22-34(23-25-35)33-14-8-7-9-15-33/h7-31H,32H2,1-6H3. The maximum absolute atomic E-state index is 2.57. The third-order valence-electron chi connectivity index (χ3n) is 12.5. The van der Waals surface area contributed by atoms with E-state index in [1.807, 2.05) is 11.3 Å². The average Bonchev–Trinajstić information content (AvgIpc) is 3.73. The van der Waals surface area contributed by atoms with E-state index in [-0.39, 0.29) is 16.2 Å². The molecule has 0 spiro atoms. The summed E-state index contributed by atoms with van der Waals surface area (Å²) in [7, 11) is 0. The van der Waals surface area contributed by atoms with Gasteiger partial charge in [-0.25, -0.2) is 0 Å². The summed E-state index contributed by atoms with van der Waals surface area (Å²) in [6, 6.07) is 56.7. The predicted molar refractivity (Wildman–Crippen MR) is 233 cm³/mol. The molecule has 0 radical (unpaired) electrons. The van der Waals surface area contributed by atoms with Gasteiger partial charge in [-0.15, -0.1) is 11.3 Å². The Bertz CT molecular complexity index is 2760. The van der Waals surface area contributed by atoms with Crippen LogP contribution >= 0.6 is 11.3 Å². The molecule has 7 aromatic carbocycles. The molecule has 264 valence electrons. The van der Waals surface area contributed by atoms with Gasteiger partial charge >= 0.3 is 0 Å². The fourth-order valence-electron chi connectivity index (χ4n) is 9.97. The van der Waals surface area contributed by atoms with Crippen LogP contribution in [0.25, 0.3) is 53.6 Å². The summed E-state index contributed by atoms with van der Waals surface area (Å²) in [5.74, 6) is 0. The summed E-state index contributed by atoms with van der Waals surface area (Å²) in [5, 5.41) is 2.62. The van der Waals surface area contributed by atoms with Crippen LogP contribution in [0.5, 0.6) is 0 Å². The predicted octanol–water partition coefficient (Wildman–Crippen LogP) is 15.1. The van der Waals surface area contributed by atoms with Gasteiger partial charge in [-0.2, -0.15) is 0 Å². The highest BCUT2D eigenvalue weighted by atomic mass is 32.1. The molecule has 2 aliphatic rings. The van der Waals surface area contributed by atoms with E-state index in [9.17, 15) is 0 Å². The van der Waals surface area contributed by atoms with Gasteiger partial charge in [0, 0.05) is 32.3 Å². The molecule has 0 bridgehead atoms. The van der Waals surface area contributed by atoms with Crippen LogP contribution in [0.1, 0.15) is 70.2 Å². The fraction of sp³-hybridized carbons (Fsp3) is 0.192. The highest BCUT2D eigenvalue weighted by Gasteiger charge is 2.45. The zero-order valence-electron chi connectivity index (χ0n) is 32.0. The van der Waals surface area contributed by atoms with Crippen LogP contribution in [0.3, 0.4) is 0 Å². The molecule has 1 aromatic heterocycles. The molecule has 0 N–H and O–H groups in total. The number of rotatable bonds is 5. The van der Waals surface area contributed by atoms with E-state index >= 15 is 0 Å². The number of hydrogen-bond donors (Lipinski definition) is 0. The van der Waals surface area contributed by atoms with Gasteiger partial charge in [0.05, 0.1) is 10.4 Å². The van der Waals surface area contributed by atoms with Gasteiger partial charge < -0.3 is 4.90 Å². The normalized spacial score (nSPS) is 16.0.